The molecule has 2 atom stereocenters. The third kappa shape index (κ3) is 1.68. The lowest BCUT2D eigenvalue weighted by atomic mass is 10.1. The van der Waals surface area contributed by atoms with Crippen molar-refractivity contribution >= 4 is 0 Å². The van der Waals surface area contributed by atoms with Gasteiger partial charge >= 0.3 is 0 Å². The van der Waals surface area contributed by atoms with E-state index in [0.29, 0.717) is 19.8 Å². The molecule has 0 spiro atoms. The molecule has 2 rings (SSSR count). The summed E-state index contributed by atoms with van der Waals surface area (Å²) < 4.78 is 16.1. The first-order valence-electron chi connectivity index (χ1n) is 4.15. The fourth-order valence-electron chi connectivity index (χ4n) is 1.31. The minimum absolute atomic E-state index is 0.0234. The monoisotopic (exact) mass is 168 g/mol. The van der Waals surface area contributed by atoms with Gasteiger partial charge in [0.1, 0.15) is 12.2 Å². The molecule has 3 nitrogen and oxygen atoms in total. The lowest BCUT2D eigenvalue weighted by Crippen LogP contribution is -2.38. The van der Waals surface area contributed by atoms with Crippen LogP contribution in [0.1, 0.15) is 0 Å². The summed E-state index contributed by atoms with van der Waals surface area (Å²) in [6.45, 7) is 1.99. The molecule has 1 fully saturated rings. The number of hydrogen-bond donors (Lipinski definition) is 0. The highest BCUT2D eigenvalue weighted by Crippen LogP contribution is 2.13. The number of hydrogen-bond acceptors (Lipinski definition) is 3. The van der Waals surface area contributed by atoms with Crippen molar-refractivity contribution in [1.82, 2.24) is 0 Å². The SMILES string of the molecule is C1=COC(C2COCCO2)C=C1. The summed E-state index contributed by atoms with van der Waals surface area (Å²) >= 11 is 0. The zero-order chi connectivity index (χ0) is 8.23. The fraction of sp³-hybridized carbons (Fsp3) is 0.556. The van der Waals surface area contributed by atoms with Gasteiger partial charge in [-0.05, 0) is 12.2 Å². The molecule has 2 heterocycles. The molecule has 0 N–H and O–H groups in total. The van der Waals surface area contributed by atoms with E-state index in [-0.39, 0.29) is 12.2 Å². The maximum absolute atomic E-state index is 5.48. The summed E-state index contributed by atoms with van der Waals surface area (Å²) in [5.74, 6) is 0. The van der Waals surface area contributed by atoms with Crippen molar-refractivity contribution in [3.8, 4) is 0 Å². The van der Waals surface area contributed by atoms with Crippen molar-refractivity contribution in [2.75, 3.05) is 19.8 Å². The Morgan fingerprint density at radius 2 is 2.17 bits per heavy atom. The van der Waals surface area contributed by atoms with Crippen LogP contribution < -0.4 is 0 Å². The van der Waals surface area contributed by atoms with Gasteiger partial charge in [0.05, 0.1) is 26.1 Å². The standard InChI is InChI=1S/C9H12O3/c1-2-4-11-8(3-1)9-7-10-5-6-12-9/h1-4,8-9H,5-7H2. The smallest absolute Gasteiger partial charge is 0.145 e. The highest BCUT2D eigenvalue weighted by molar-refractivity contribution is 5.09. The Hall–Kier alpha value is -0.800. The molecule has 2 aliphatic rings. The topological polar surface area (TPSA) is 27.7 Å². The molecular formula is C9H12O3. The van der Waals surface area contributed by atoms with E-state index in [9.17, 15) is 0 Å². The number of rotatable bonds is 1. The maximum Gasteiger partial charge on any atom is 0.145 e. The van der Waals surface area contributed by atoms with Crippen molar-refractivity contribution in [1.29, 1.82) is 0 Å². The van der Waals surface area contributed by atoms with Gasteiger partial charge in [-0.1, -0.05) is 6.08 Å². The first kappa shape index (κ1) is 7.83. The van der Waals surface area contributed by atoms with Crippen LogP contribution in [-0.2, 0) is 14.2 Å². The van der Waals surface area contributed by atoms with E-state index < -0.39 is 0 Å². The van der Waals surface area contributed by atoms with Gasteiger partial charge in [-0.15, -0.1) is 0 Å². The quantitative estimate of drug-likeness (QED) is 0.581. The predicted molar refractivity (Wildman–Crippen MR) is 43.7 cm³/mol. The number of ether oxygens (including phenoxy) is 3. The highest BCUT2D eigenvalue weighted by Gasteiger charge is 2.24. The third-order valence-corrected chi connectivity index (χ3v) is 1.93. The molecule has 2 aliphatic heterocycles. The molecule has 0 aliphatic carbocycles. The molecule has 0 aromatic carbocycles. The van der Waals surface area contributed by atoms with Crippen molar-refractivity contribution in [2.24, 2.45) is 0 Å². The second-order valence-electron chi connectivity index (χ2n) is 2.80. The van der Waals surface area contributed by atoms with Crippen LogP contribution in [0.15, 0.2) is 24.5 Å². The Labute approximate surface area is 71.6 Å². The van der Waals surface area contributed by atoms with Crippen LogP contribution in [0.3, 0.4) is 0 Å². The molecule has 0 saturated carbocycles. The van der Waals surface area contributed by atoms with Crippen molar-refractivity contribution in [3.05, 3.63) is 24.5 Å². The lowest BCUT2D eigenvalue weighted by molar-refractivity contribution is -0.123. The average Bonchev–Trinajstić information content (AvgIpc) is 2.21. The molecular weight excluding hydrogens is 156 g/mol. The Kier molecular flexibility index (Phi) is 2.44. The average molecular weight is 168 g/mol. The molecule has 0 aromatic rings. The van der Waals surface area contributed by atoms with Gasteiger partial charge in [-0.3, -0.25) is 0 Å². The summed E-state index contributed by atoms with van der Waals surface area (Å²) in [5, 5.41) is 0. The summed E-state index contributed by atoms with van der Waals surface area (Å²) in [7, 11) is 0. The van der Waals surface area contributed by atoms with E-state index in [4.69, 9.17) is 14.2 Å². The largest absolute Gasteiger partial charge is 0.491 e. The van der Waals surface area contributed by atoms with E-state index in [0.717, 1.165) is 0 Å². The van der Waals surface area contributed by atoms with Gasteiger partial charge in [0.25, 0.3) is 0 Å². The Morgan fingerprint density at radius 1 is 1.17 bits per heavy atom. The second-order valence-corrected chi connectivity index (χ2v) is 2.80. The van der Waals surface area contributed by atoms with Crippen LogP contribution in [0, 0.1) is 0 Å². The predicted octanol–water partition coefficient (Wildman–Crippen LogP) is 0.870. The van der Waals surface area contributed by atoms with Gasteiger partial charge in [0.2, 0.25) is 0 Å². The van der Waals surface area contributed by atoms with Crippen LogP contribution in [0.5, 0.6) is 0 Å². The Morgan fingerprint density at radius 3 is 2.83 bits per heavy atom. The molecule has 0 bridgehead atoms. The summed E-state index contributed by atoms with van der Waals surface area (Å²) in [4.78, 5) is 0. The van der Waals surface area contributed by atoms with E-state index >= 15 is 0 Å². The molecule has 3 heteroatoms. The maximum atomic E-state index is 5.48. The normalized spacial score (nSPS) is 34.7. The zero-order valence-electron chi connectivity index (χ0n) is 6.81. The molecule has 1 saturated heterocycles. The molecule has 0 amide bonds. The Balaban J connectivity index is 1.90. The van der Waals surface area contributed by atoms with Crippen molar-refractivity contribution in [2.45, 2.75) is 12.2 Å². The minimum Gasteiger partial charge on any atom is -0.491 e. The lowest BCUT2D eigenvalue weighted by Gasteiger charge is -2.28. The van der Waals surface area contributed by atoms with Gasteiger partial charge in [-0.2, -0.15) is 0 Å². The van der Waals surface area contributed by atoms with Gasteiger partial charge in [0, 0.05) is 0 Å². The van der Waals surface area contributed by atoms with Crippen LogP contribution in [0.25, 0.3) is 0 Å². The van der Waals surface area contributed by atoms with Crippen LogP contribution >= 0.6 is 0 Å². The number of allylic oxidation sites excluding steroid dienone is 2. The molecule has 12 heavy (non-hydrogen) atoms. The van der Waals surface area contributed by atoms with Crippen molar-refractivity contribution < 1.29 is 14.2 Å². The molecule has 0 aromatic heterocycles. The third-order valence-electron chi connectivity index (χ3n) is 1.93. The summed E-state index contributed by atoms with van der Waals surface area (Å²) in [6.07, 6.45) is 7.57. The molecule has 2 unspecified atom stereocenters. The van der Waals surface area contributed by atoms with E-state index in [2.05, 4.69) is 0 Å². The van der Waals surface area contributed by atoms with Crippen molar-refractivity contribution in [3.63, 3.8) is 0 Å². The minimum atomic E-state index is 0.0234. The zero-order valence-corrected chi connectivity index (χ0v) is 6.81. The van der Waals surface area contributed by atoms with Crippen LogP contribution in [0.2, 0.25) is 0 Å². The fourth-order valence-corrected chi connectivity index (χ4v) is 1.31. The second kappa shape index (κ2) is 3.74. The highest BCUT2D eigenvalue weighted by atomic mass is 16.6. The molecule has 0 radical (unpaired) electrons. The van der Waals surface area contributed by atoms with E-state index in [1.165, 1.54) is 0 Å². The van der Waals surface area contributed by atoms with Gasteiger partial charge < -0.3 is 14.2 Å². The first-order chi connectivity index (χ1) is 5.97. The summed E-state index contributed by atoms with van der Waals surface area (Å²) in [5.41, 5.74) is 0. The Bertz CT molecular complexity index is 192. The first-order valence-corrected chi connectivity index (χ1v) is 4.15. The summed E-state index contributed by atoms with van der Waals surface area (Å²) in [6, 6.07) is 0. The van der Waals surface area contributed by atoms with Crippen LogP contribution in [-0.4, -0.2) is 32.0 Å². The molecule has 66 valence electrons. The van der Waals surface area contributed by atoms with E-state index in [1.54, 1.807) is 6.26 Å². The van der Waals surface area contributed by atoms with Crippen LogP contribution in [0.4, 0.5) is 0 Å². The van der Waals surface area contributed by atoms with Gasteiger partial charge in [0.15, 0.2) is 0 Å². The van der Waals surface area contributed by atoms with E-state index in [1.807, 2.05) is 18.2 Å². The van der Waals surface area contributed by atoms with Gasteiger partial charge in [-0.25, -0.2) is 0 Å².